The molecule has 0 aliphatic heterocycles. The van der Waals surface area contributed by atoms with Gasteiger partial charge in [0.25, 0.3) is 0 Å². The number of hydrogen-bond acceptors (Lipinski definition) is 2. The lowest BCUT2D eigenvalue weighted by Gasteiger charge is -2.17. The first-order valence-electron chi connectivity index (χ1n) is 5.66. The topological polar surface area (TPSA) is 32.3 Å². The summed E-state index contributed by atoms with van der Waals surface area (Å²) in [7, 11) is 1.73. The summed E-state index contributed by atoms with van der Waals surface area (Å²) < 4.78 is 1.02. The number of anilines is 1. The fourth-order valence-electron chi connectivity index (χ4n) is 1.54. The highest BCUT2D eigenvalue weighted by Gasteiger charge is 2.12. The Bertz CT molecular complexity index is 633. The molecule has 1 heterocycles. The van der Waals surface area contributed by atoms with Gasteiger partial charge in [0.05, 0.1) is 17.3 Å². The van der Waals surface area contributed by atoms with Crippen LogP contribution in [0.1, 0.15) is 4.88 Å². The lowest BCUT2D eigenvalue weighted by molar-refractivity contribution is 0.221. The standard InChI is InChI=1S/C13H11BrCl2N2OS/c1-18(6-10-4-8(14)7-20-10)13(19)17-12-3-2-9(15)5-11(12)16/h2-5,7H,6H2,1H3,(H,17,19). The van der Waals surface area contributed by atoms with E-state index >= 15 is 0 Å². The molecule has 0 fully saturated rings. The first-order chi connectivity index (χ1) is 9.45. The number of benzene rings is 1. The fourth-order valence-corrected chi connectivity index (χ4v) is 3.50. The lowest BCUT2D eigenvalue weighted by atomic mass is 10.3. The van der Waals surface area contributed by atoms with Crippen LogP contribution in [-0.2, 0) is 6.54 Å². The number of nitrogens with zero attached hydrogens (tertiary/aromatic N) is 1. The third-order valence-corrected chi connectivity index (χ3v) is 4.76. The summed E-state index contributed by atoms with van der Waals surface area (Å²) in [4.78, 5) is 14.8. The highest BCUT2D eigenvalue weighted by atomic mass is 79.9. The zero-order valence-corrected chi connectivity index (χ0v) is 14.4. The van der Waals surface area contributed by atoms with Crippen molar-refractivity contribution in [3.05, 3.63) is 49.0 Å². The predicted molar refractivity (Wildman–Crippen MR) is 89.0 cm³/mol. The Morgan fingerprint density at radius 1 is 1.40 bits per heavy atom. The molecule has 0 spiro atoms. The Morgan fingerprint density at radius 2 is 2.15 bits per heavy atom. The molecule has 7 heteroatoms. The average molecular weight is 394 g/mol. The van der Waals surface area contributed by atoms with Gasteiger partial charge in [-0.1, -0.05) is 23.2 Å². The molecule has 1 aromatic carbocycles. The second-order valence-corrected chi connectivity index (χ2v) is 6.90. The van der Waals surface area contributed by atoms with Gasteiger partial charge in [0, 0.05) is 26.8 Å². The Morgan fingerprint density at radius 3 is 2.75 bits per heavy atom. The van der Waals surface area contributed by atoms with Crippen molar-refractivity contribution in [1.82, 2.24) is 4.90 Å². The Kier molecular flexibility index (Phi) is 5.32. The van der Waals surface area contributed by atoms with Crippen LogP contribution >= 0.6 is 50.5 Å². The van der Waals surface area contributed by atoms with E-state index in [1.165, 1.54) is 0 Å². The molecule has 20 heavy (non-hydrogen) atoms. The number of hydrogen-bond donors (Lipinski definition) is 1. The summed E-state index contributed by atoms with van der Waals surface area (Å²) >= 11 is 16.8. The van der Waals surface area contributed by atoms with Crippen LogP contribution in [0, 0.1) is 0 Å². The van der Waals surface area contributed by atoms with Gasteiger partial charge in [-0.15, -0.1) is 11.3 Å². The third kappa shape index (κ3) is 4.12. The van der Waals surface area contributed by atoms with E-state index in [1.807, 2.05) is 11.4 Å². The average Bonchev–Trinajstić information content (AvgIpc) is 2.78. The van der Waals surface area contributed by atoms with Crippen molar-refractivity contribution in [3.63, 3.8) is 0 Å². The molecule has 2 amide bonds. The van der Waals surface area contributed by atoms with E-state index in [-0.39, 0.29) is 6.03 Å². The monoisotopic (exact) mass is 392 g/mol. The zero-order chi connectivity index (χ0) is 14.7. The van der Waals surface area contributed by atoms with Crippen molar-refractivity contribution in [1.29, 1.82) is 0 Å². The van der Waals surface area contributed by atoms with Gasteiger partial charge in [0.1, 0.15) is 0 Å². The highest BCUT2D eigenvalue weighted by Crippen LogP contribution is 2.26. The molecule has 0 bridgehead atoms. The largest absolute Gasteiger partial charge is 0.322 e. The highest BCUT2D eigenvalue weighted by molar-refractivity contribution is 9.10. The Labute approximate surface area is 139 Å². The van der Waals surface area contributed by atoms with Crippen molar-refractivity contribution in [2.75, 3.05) is 12.4 Å². The predicted octanol–water partition coefficient (Wildman–Crippen LogP) is 5.48. The van der Waals surface area contributed by atoms with E-state index in [1.54, 1.807) is 41.5 Å². The second-order valence-electron chi connectivity index (χ2n) is 4.14. The summed E-state index contributed by atoms with van der Waals surface area (Å²) in [6.07, 6.45) is 0. The van der Waals surface area contributed by atoms with Crippen LogP contribution in [-0.4, -0.2) is 18.0 Å². The number of halogens is 3. The molecule has 0 radical (unpaired) electrons. The van der Waals surface area contributed by atoms with Gasteiger partial charge < -0.3 is 10.2 Å². The van der Waals surface area contributed by atoms with Gasteiger partial charge in [-0.05, 0) is 40.2 Å². The lowest BCUT2D eigenvalue weighted by Crippen LogP contribution is -2.30. The molecule has 1 N–H and O–H groups in total. The van der Waals surface area contributed by atoms with Crippen LogP contribution in [0.25, 0.3) is 0 Å². The van der Waals surface area contributed by atoms with E-state index in [0.717, 1.165) is 9.35 Å². The van der Waals surface area contributed by atoms with Crippen molar-refractivity contribution < 1.29 is 4.79 Å². The Hall–Kier alpha value is -0.750. The smallest absolute Gasteiger partial charge is 0.321 e. The minimum absolute atomic E-state index is 0.223. The maximum absolute atomic E-state index is 12.1. The van der Waals surface area contributed by atoms with Crippen LogP contribution in [0.2, 0.25) is 10.0 Å². The molecule has 0 saturated heterocycles. The SMILES string of the molecule is CN(Cc1cc(Br)cs1)C(=O)Nc1ccc(Cl)cc1Cl. The summed E-state index contributed by atoms with van der Waals surface area (Å²) in [6.45, 7) is 0.535. The van der Waals surface area contributed by atoms with Gasteiger partial charge in [0.15, 0.2) is 0 Å². The number of urea groups is 1. The van der Waals surface area contributed by atoms with Gasteiger partial charge in [0.2, 0.25) is 0 Å². The summed E-state index contributed by atoms with van der Waals surface area (Å²) in [6, 6.07) is 6.72. The van der Waals surface area contributed by atoms with Gasteiger partial charge in [-0.25, -0.2) is 4.79 Å². The number of nitrogens with one attached hydrogen (secondary N) is 1. The molecule has 1 aromatic heterocycles. The second kappa shape index (κ2) is 6.80. The van der Waals surface area contributed by atoms with Crippen LogP contribution in [0.15, 0.2) is 34.1 Å². The molecule has 0 saturated carbocycles. The molecule has 0 atom stereocenters. The van der Waals surface area contributed by atoms with Crippen molar-refractivity contribution >= 4 is 62.2 Å². The first kappa shape index (κ1) is 15.6. The van der Waals surface area contributed by atoms with Crippen LogP contribution in [0.3, 0.4) is 0 Å². The van der Waals surface area contributed by atoms with Gasteiger partial charge in [-0.2, -0.15) is 0 Å². The molecule has 2 aromatic rings. The Balaban J connectivity index is 2.00. The van der Waals surface area contributed by atoms with Crippen LogP contribution < -0.4 is 5.32 Å². The number of thiophene rings is 1. The van der Waals surface area contributed by atoms with Crippen molar-refractivity contribution in [3.8, 4) is 0 Å². The number of carbonyl (C=O) groups excluding carboxylic acids is 1. The van der Waals surface area contributed by atoms with Crippen LogP contribution in [0.4, 0.5) is 10.5 Å². The van der Waals surface area contributed by atoms with Crippen LogP contribution in [0.5, 0.6) is 0 Å². The molecule has 106 valence electrons. The van der Waals surface area contributed by atoms with Gasteiger partial charge >= 0.3 is 6.03 Å². The summed E-state index contributed by atoms with van der Waals surface area (Å²) in [5.41, 5.74) is 0.542. The van der Waals surface area contributed by atoms with E-state index in [4.69, 9.17) is 23.2 Å². The van der Waals surface area contributed by atoms with E-state index in [9.17, 15) is 4.79 Å². The zero-order valence-electron chi connectivity index (χ0n) is 10.5. The normalized spacial score (nSPS) is 10.4. The van der Waals surface area contributed by atoms with Crippen molar-refractivity contribution in [2.45, 2.75) is 6.54 Å². The van der Waals surface area contributed by atoms with Gasteiger partial charge in [-0.3, -0.25) is 0 Å². The molecular formula is C13H11BrCl2N2OS. The number of rotatable bonds is 3. The minimum atomic E-state index is -0.223. The summed E-state index contributed by atoms with van der Waals surface area (Å²) in [5.74, 6) is 0. The number of amides is 2. The first-order valence-corrected chi connectivity index (χ1v) is 8.08. The third-order valence-electron chi connectivity index (χ3n) is 2.53. The van der Waals surface area contributed by atoms with Crippen molar-refractivity contribution in [2.24, 2.45) is 0 Å². The molecule has 3 nitrogen and oxygen atoms in total. The maximum atomic E-state index is 12.1. The number of carbonyl (C=O) groups is 1. The van der Waals surface area contributed by atoms with E-state index in [2.05, 4.69) is 21.2 Å². The maximum Gasteiger partial charge on any atom is 0.321 e. The molecular weight excluding hydrogens is 383 g/mol. The summed E-state index contributed by atoms with van der Waals surface area (Å²) in [5, 5.41) is 5.68. The molecule has 0 aliphatic carbocycles. The quantitative estimate of drug-likeness (QED) is 0.735. The fraction of sp³-hybridized carbons (Fsp3) is 0.154. The van der Waals surface area contributed by atoms with E-state index < -0.39 is 0 Å². The molecule has 0 unspecified atom stereocenters. The van der Waals surface area contributed by atoms with E-state index in [0.29, 0.717) is 22.3 Å². The molecule has 0 aliphatic rings. The molecule has 2 rings (SSSR count). The minimum Gasteiger partial charge on any atom is -0.322 e.